The van der Waals surface area contributed by atoms with Gasteiger partial charge in [-0.25, -0.2) is 8.42 Å². The molecule has 0 saturated carbocycles. The Morgan fingerprint density at radius 3 is 2.44 bits per heavy atom. The highest BCUT2D eigenvalue weighted by Crippen LogP contribution is 2.31. The maximum atomic E-state index is 12.6. The van der Waals surface area contributed by atoms with Crippen molar-refractivity contribution in [1.29, 1.82) is 0 Å². The van der Waals surface area contributed by atoms with E-state index in [4.69, 9.17) is 4.74 Å². The number of sulfonamides is 1. The second-order valence-electron chi connectivity index (χ2n) is 6.44. The van der Waals surface area contributed by atoms with Crippen molar-refractivity contribution in [2.45, 2.75) is 30.6 Å². The molecule has 2 aromatic carbocycles. The van der Waals surface area contributed by atoms with Crippen LogP contribution in [0.2, 0.25) is 0 Å². The first-order valence-electron chi connectivity index (χ1n) is 8.94. The lowest BCUT2D eigenvalue weighted by atomic mass is 10.1. The molecule has 27 heavy (non-hydrogen) atoms. The lowest BCUT2D eigenvalue weighted by Gasteiger charge is -2.16. The first-order valence-corrected chi connectivity index (χ1v) is 10.4. The van der Waals surface area contributed by atoms with Gasteiger partial charge in [0.05, 0.1) is 16.4 Å². The average Bonchev–Trinajstić information content (AvgIpc) is 3.21. The van der Waals surface area contributed by atoms with Crippen LogP contribution in [0, 0.1) is 10.1 Å². The van der Waals surface area contributed by atoms with Crippen molar-refractivity contribution >= 4 is 15.7 Å². The van der Waals surface area contributed by atoms with Crippen LogP contribution in [0.1, 0.15) is 24.8 Å². The highest BCUT2D eigenvalue weighted by Gasteiger charge is 2.29. The molecule has 0 spiro atoms. The SMILES string of the molecule is O=[N+]([O-])c1cc(S(=O)(=O)N2CCCC2)ccc1OCCCc1ccccc1. The van der Waals surface area contributed by atoms with Crippen LogP contribution in [-0.2, 0) is 16.4 Å². The number of nitro benzene ring substituents is 1. The van der Waals surface area contributed by atoms with Crippen LogP contribution in [0.4, 0.5) is 5.69 Å². The summed E-state index contributed by atoms with van der Waals surface area (Å²) in [5, 5.41) is 11.4. The Morgan fingerprint density at radius 1 is 1.07 bits per heavy atom. The van der Waals surface area contributed by atoms with E-state index in [1.54, 1.807) is 0 Å². The third kappa shape index (κ3) is 4.64. The zero-order valence-electron chi connectivity index (χ0n) is 14.9. The second-order valence-corrected chi connectivity index (χ2v) is 8.37. The molecule has 0 unspecified atom stereocenters. The topological polar surface area (TPSA) is 89.8 Å². The van der Waals surface area contributed by atoms with Gasteiger partial charge in [-0.05, 0) is 43.4 Å². The summed E-state index contributed by atoms with van der Waals surface area (Å²) in [7, 11) is -3.70. The molecule has 3 rings (SSSR count). The maximum Gasteiger partial charge on any atom is 0.312 e. The predicted molar refractivity (Wildman–Crippen MR) is 101 cm³/mol. The average molecular weight is 390 g/mol. The van der Waals surface area contributed by atoms with Crippen molar-refractivity contribution < 1.29 is 18.1 Å². The summed E-state index contributed by atoms with van der Waals surface area (Å²) in [6.45, 7) is 1.22. The Hall–Kier alpha value is -2.45. The lowest BCUT2D eigenvalue weighted by Crippen LogP contribution is -2.27. The molecule has 0 radical (unpaired) electrons. The molecule has 1 aliphatic heterocycles. The summed E-state index contributed by atoms with van der Waals surface area (Å²) in [6.07, 6.45) is 3.12. The molecule has 1 heterocycles. The summed E-state index contributed by atoms with van der Waals surface area (Å²) >= 11 is 0. The zero-order valence-corrected chi connectivity index (χ0v) is 15.7. The first-order chi connectivity index (χ1) is 13.0. The monoisotopic (exact) mass is 390 g/mol. The summed E-state index contributed by atoms with van der Waals surface area (Å²) in [5.74, 6) is 0.0911. The Bertz CT molecular complexity index is 894. The minimum absolute atomic E-state index is 0.0623. The molecule has 0 N–H and O–H groups in total. The molecule has 2 aromatic rings. The van der Waals surface area contributed by atoms with Crippen LogP contribution in [0.5, 0.6) is 5.75 Å². The third-order valence-corrected chi connectivity index (χ3v) is 6.43. The number of nitrogens with zero attached hydrogens (tertiary/aromatic N) is 2. The maximum absolute atomic E-state index is 12.6. The Balaban J connectivity index is 1.69. The van der Waals surface area contributed by atoms with Crippen molar-refractivity contribution in [2.75, 3.05) is 19.7 Å². The second kappa shape index (κ2) is 8.49. The van der Waals surface area contributed by atoms with Crippen molar-refractivity contribution in [3.63, 3.8) is 0 Å². The molecule has 0 amide bonds. The van der Waals surface area contributed by atoms with Gasteiger partial charge in [-0.2, -0.15) is 4.31 Å². The predicted octanol–water partition coefficient (Wildman–Crippen LogP) is 3.39. The summed E-state index contributed by atoms with van der Waals surface area (Å²) < 4.78 is 32.1. The van der Waals surface area contributed by atoms with Crippen molar-refractivity contribution in [2.24, 2.45) is 0 Å². The summed E-state index contributed by atoms with van der Waals surface area (Å²) in [5.41, 5.74) is 0.845. The molecule has 0 aromatic heterocycles. The number of hydrogen-bond acceptors (Lipinski definition) is 5. The van der Waals surface area contributed by atoms with Gasteiger partial charge >= 0.3 is 5.69 Å². The normalized spacial score (nSPS) is 15.0. The molecule has 1 aliphatic rings. The Labute approximate surface area is 158 Å². The molecule has 0 atom stereocenters. The van der Waals surface area contributed by atoms with Gasteiger partial charge in [0.15, 0.2) is 5.75 Å². The number of aryl methyl sites for hydroxylation is 1. The van der Waals surface area contributed by atoms with E-state index in [1.165, 1.54) is 22.0 Å². The van der Waals surface area contributed by atoms with Crippen molar-refractivity contribution in [1.82, 2.24) is 4.31 Å². The van der Waals surface area contributed by atoms with E-state index in [9.17, 15) is 18.5 Å². The molecule has 1 fully saturated rings. The van der Waals surface area contributed by atoms with Gasteiger partial charge in [0, 0.05) is 19.2 Å². The fraction of sp³-hybridized carbons (Fsp3) is 0.368. The quantitative estimate of drug-likeness (QED) is 0.391. The third-order valence-electron chi connectivity index (χ3n) is 4.54. The number of hydrogen-bond donors (Lipinski definition) is 0. The summed E-state index contributed by atoms with van der Waals surface area (Å²) in [6, 6.07) is 13.8. The molecular formula is C19H22N2O5S. The number of rotatable bonds is 8. The van der Waals surface area contributed by atoms with Gasteiger partial charge < -0.3 is 4.74 Å². The number of ether oxygens (including phenoxy) is 1. The van der Waals surface area contributed by atoms with Crippen LogP contribution < -0.4 is 4.74 Å². The summed E-state index contributed by atoms with van der Waals surface area (Å²) in [4.78, 5) is 10.7. The molecule has 144 valence electrons. The van der Waals surface area contributed by atoms with E-state index in [0.717, 1.165) is 25.3 Å². The van der Waals surface area contributed by atoms with E-state index in [1.807, 2.05) is 30.3 Å². The molecular weight excluding hydrogens is 368 g/mol. The standard InChI is InChI=1S/C19H22N2O5S/c22-21(23)18-15-17(27(24,25)20-12-4-5-13-20)10-11-19(18)26-14-6-9-16-7-2-1-3-8-16/h1-3,7-8,10-11,15H,4-6,9,12-14H2. The smallest absolute Gasteiger partial charge is 0.312 e. The van der Waals surface area contributed by atoms with E-state index in [-0.39, 0.29) is 16.3 Å². The minimum Gasteiger partial charge on any atom is -0.487 e. The van der Waals surface area contributed by atoms with Gasteiger partial charge in [-0.1, -0.05) is 30.3 Å². The molecule has 0 bridgehead atoms. The highest BCUT2D eigenvalue weighted by atomic mass is 32.2. The van der Waals surface area contributed by atoms with Crippen LogP contribution in [0.15, 0.2) is 53.4 Å². The molecule has 7 nitrogen and oxygen atoms in total. The highest BCUT2D eigenvalue weighted by molar-refractivity contribution is 7.89. The Morgan fingerprint density at radius 2 is 1.78 bits per heavy atom. The molecule has 8 heteroatoms. The van der Waals surface area contributed by atoms with Crippen molar-refractivity contribution in [3.05, 3.63) is 64.2 Å². The fourth-order valence-electron chi connectivity index (χ4n) is 3.10. The van der Waals surface area contributed by atoms with E-state index >= 15 is 0 Å². The zero-order chi connectivity index (χ0) is 19.3. The van der Waals surface area contributed by atoms with Gasteiger partial charge in [0.1, 0.15) is 0 Å². The van der Waals surface area contributed by atoms with E-state index in [0.29, 0.717) is 26.1 Å². The number of nitro groups is 1. The van der Waals surface area contributed by atoms with E-state index in [2.05, 4.69) is 0 Å². The Kier molecular flexibility index (Phi) is 6.08. The lowest BCUT2D eigenvalue weighted by molar-refractivity contribution is -0.386. The van der Waals surface area contributed by atoms with Crippen LogP contribution >= 0.6 is 0 Å². The van der Waals surface area contributed by atoms with E-state index < -0.39 is 14.9 Å². The van der Waals surface area contributed by atoms with Gasteiger partial charge in [0.25, 0.3) is 0 Å². The van der Waals surface area contributed by atoms with Crippen LogP contribution in [0.3, 0.4) is 0 Å². The van der Waals surface area contributed by atoms with Gasteiger partial charge in [-0.3, -0.25) is 10.1 Å². The fourth-order valence-corrected chi connectivity index (χ4v) is 4.64. The van der Waals surface area contributed by atoms with Gasteiger partial charge in [0.2, 0.25) is 10.0 Å². The molecule has 0 aliphatic carbocycles. The molecule has 1 saturated heterocycles. The van der Waals surface area contributed by atoms with Crippen LogP contribution in [0.25, 0.3) is 0 Å². The van der Waals surface area contributed by atoms with Crippen LogP contribution in [-0.4, -0.2) is 37.3 Å². The number of benzene rings is 2. The minimum atomic E-state index is -3.70. The van der Waals surface area contributed by atoms with Gasteiger partial charge in [-0.15, -0.1) is 0 Å². The van der Waals surface area contributed by atoms with Crippen molar-refractivity contribution in [3.8, 4) is 5.75 Å². The largest absolute Gasteiger partial charge is 0.487 e. The first kappa shape index (κ1) is 19.3.